The molecule has 0 spiro atoms. The lowest BCUT2D eigenvalue weighted by atomic mass is 9.96. The summed E-state index contributed by atoms with van der Waals surface area (Å²) in [6.45, 7) is 4.24. The van der Waals surface area contributed by atoms with Crippen molar-refractivity contribution in [2.75, 3.05) is 51.2 Å². The number of aromatic nitrogens is 3. The van der Waals surface area contributed by atoms with Gasteiger partial charge in [-0.2, -0.15) is 13.2 Å². The van der Waals surface area contributed by atoms with Crippen LogP contribution in [0.2, 0.25) is 0 Å². The van der Waals surface area contributed by atoms with Crippen molar-refractivity contribution in [3.63, 3.8) is 0 Å². The first kappa shape index (κ1) is 19.0. The molecule has 28 heavy (non-hydrogen) atoms. The molecule has 2 aromatic rings. The molecular weight excluding hydrogens is 373 g/mol. The van der Waals surface area contributed by atoms with Crippen LogP contribution < -0.4 is 4.90 Å². The van der Waals surface area contributed by atoms with Crippen LogP contribution >= 0.6 is 0 Å². The third kappa shape index (κ3) is 3.65. The minimum atomic E-state index is -4.43. The fourth-order valence-electron chi connectivity index (χ4n) is 3.91. The number of carbonyl (C=O) groups is 1. The van der Waals surface area contributed by atoms with E-state index >= 15 is 0 Å². The summed E-state index contributed by atoms with van der Waals surface area (Å²) in [6, 6.07) is 2.32. The maximum absolute atomic E-state index is 13.1. The number of alkyl halides is 3. The summed E-state index contributed by atoms with van der Waals surface area (Å²) in [6.07, 6.45) is -1.83. The van der Waals surface area contributed by atoms with E-state index in [1.807, 2.05) is 16.8 Å². The molecule has 4 heterocycles. The van der Waals surface area contributed by atoms with Gasteiger partial charge in [0.2, 0.25) is 11.9 Å². The Bertz CT molecular complexity index is 859. The van der Waals surface area contributed by atoms with Gasteiger partial charge in [0.1, 0.15) is 0 Å². The minimum absolute atomic E-state index is 0.127. The Morgan fingerprint density at radius 1 is 1.11 bits per heavy atom. The summed E-state index contributed by atoms with van der Waals surface area (Å²) in [7, 11) is 2.04. The summed E-state index contributed by atoms with van der Waals surface area (Å²) in [4.78, 5) is 18.9. The van der Waals surface area contributed by atoms with Crippen molar-refractivity contribution in [1.29, 1.82) is 0 Å². The van der Waals surface area contributed by atoms with Crippen LogP contribution in [0.1, 0.15) is 18.4 Å². The number of likely N-dealkylation sites (N-methyl/N-ethyl adjacent to an activating group) is 1. The van der Waals surface area contributed by atoms with Crippen molar-refractivity contribution >= 4 is 17.5 Å². The Morgan fingerprint density at radius 3 is 2.57 bits per heavy atom. The van der Waals surface area contributed by atoms with Gasteiger partial charge < -0.3 is 14.7 Å². The van der Waals surface area contributed by atoms with Gasteiger partial charge >= 0.3 is 6.18 Å². The molecule has 7 nitrogen and oxygen atoms in total. The van der Waals surface area contributed by atoms with E-state index in [4.69, 9.17) is 0 Å². The topological polar surface area (TPSA) is 57.0 Å². The number of halogens is 3. The number of hydrogen-bond acceptors (Lipinski definition) is 5. The van der Waals surface area contributed by atoms with E-state index < -0.39 is 11.7 Å². The van der Waals surface area contributed by atoms with E-state index in [0.717, 1.165) is 38.2 Å². The molecule has 2 aliphatic rings. The molecule has 152 valence electrons. The van der Waals surface area contributed by atoms with E-state index in [0.29, 0.717) is 37.8 Å². The Kier molecular flexibility index (Phi) is 4.90. The Hall–Kier alpha value is -2.36. The molecule has 2 aromatic heterocycles. The van der Waals surface area contributed by atoms with Gasteiger partial charge in [-0.05, 0) is 32.0 Å². The molecule has 0 N–H and O–H groups in total. The normalized spacial score (nSPS) is 22.1. The van der Waals surface area contributed by atoms with Crippen LogP contribution in [-0.4, -0.2) is 76.6 Å². The number of hydrogen-bond donors (Lipinski definition) is 0. The van der Waals surface area contributed by atoms with Crippen LogP contribution in [0.4, 0.5) is 19.1 Å². The Labute approximate surface area is 160 Å². The first-order valence-corrected chi connectivity index (χ1v) is 9.47. The van der Waals surface area contributed by atoms with E-state index in [-0.39, 0.29) is 11.8 Å². The quantitative estimate of drug-likeness (QED) is 0.774. The first-order valence-electron chi connectivity index (χ1n) is 9.47. The fraction of sp³-hybridized carbons (Fsp3) is 0.611. The summed E-state index contributed by atoms with van der Waals surface area (Å²) in [5.41, 5.74) is -0.390. The molecule has 1 amide bonds. The minimum Gasteiger partial charge on any atom is -0.340 e. The highest BCUT2D eigenvalue weighted by molar-refractivity contribution is 5.80. The van der Waals surface area contributed by atoms with Gasteiger partial charge in [0.15, 0.2) is 5.65 Å². The number of rotatable bonds is 2. The number of pyridine rings is 1. The van der Waals surface area contributed by atoms with Gasteiger partial charge in [-0.1, -0.05) is 0 Å². The molecule has 2 fully saturated rings. The number of piperazine rings is 1. The molecule has 0 radical (unpaired) electrons. The van der Waals surface area contributed by atoms with Gasteiger partial charge in [0.25, 0.3) is 0 Å². The van der Waals surface area contributed by atoms with Crippen molar-refractivity contribution in [3.05, 3.63) is 23.9 Å². The number of nitrogens with zero attached hydrogens (tertiary/aromatic N) is 6. The molecule has 4 rings (SSSR count). The fourth-order valence-corrected chi connectivity index (χ4v) is 3.91. The monoisotopic (exact) mass is 396 g/mol. The van der Waals surface area contributed by atoms with Crippen molar-refractivity contribution in [2.24, 2.45) is 5.92 Å². The number of carbonyl (C=O) groups excluding carboxylic acids is 1. The Morgan fingerprint density at radius 2 is 1.86 bits per heavy atom. The van der Waals surface area contributed by atoms with Crippen LogP contribution in [0, 0.1) is 5.92 Å². The molecule has 10 heteroatoms. The molecule has 2 saturated heterocycles. The number of piperidine rings is 1. The van der Waals surface area contributed by atoms with Gasteiger partial charge in [0.05, 0.1) is 11.5 Å². The molecule has 0 aromatic carbocycles. The molecule has 0 unspecified atom stereocenters. The van der Waals surface area contributed by atoms with Crippen LogP contribution in [-0.2, 0) is 11.0 Å². The number of anilines is 1. The highest BCUT2D eigenvalue weighted by Crippen LogP contribution is 2.31. The lowest BCUT2D eigenvalue weighted by Crippen LogP contribution is -2.51. The van der Waals surface area contributed by atoms with Crippen LogP contribution in [0.3, 0.4) is 0 Å². The smallest absolute Gasteiger partial charge is 0.340 e. The highest BCUT2D eigenvalue weighted by atomic mass is 19.4. The SMILES string of the molecule is CN1CCN(C(=O)[C@@H]2CCCN(c3nnc4ccc(C(F)(F)F)cn34)C2)CC1. The van der Waals surface area contributed by atoms with Gasteiger partial charge in [-0.15, -0.1) is 10.2 Å². The van der Waals surface area contributed by atoms with E-state index in [9.17, 15) is 18.0 Å². The Balaban J connectivity index is 1.54. The standard InChI is InChI=1S/C18H23F3N6O/c1-24-7-9-25(10-8-24)16(28)13-3-2-6-26(11-13)17-23-22-15-5-4-14(12-27(15)17)18(19,20)21/h4-5,12-13H,2-3,6-11H2,1H3/t13-/m1/s1. The summed E-state index contributed by atoms with van der Waals surface area (Å²) in [5, 5.41) is 8.09. The summed E-state index contributed by atoms with van der Waals surface area (Å²) in [5.74, 6) is 0.315. The van der Waals surface area contributed by atoms with Gasteiger partial charge in [0, 0.05) is 45.5 Å². The van der Waals surface area contributed by atoms with Crippen molar-refractivity contribution in [3.8, 4) is 0 Å². The molecular formula is C18H23F3N6O. The van der Waals surface area contributed by atoms with E-state index in [2.05, 4.69) is 15.1 Å². The van der Waals surface area contributed by atoms with Crippen molar-refractivity contribution < 1.29 is 18.0 Å². The third-order valence-electron chi connectivity index (χ3n) is 5.58. The van der Waals surface area contributed by atoms with Crippen LogP contribution in [0.15, 0.2) is 18.3 Å². The maximum atomic E-state index is 13.1. The zero-order valence-corrected chi connectivity index (χ0v) is 15.7. The maximum Gasteiger partial charge on any atom is 0.417 e. The third-order valence-corrected chi connectivity index (χ3v) is 5.58. The van der Waals surface area contributed by atoms with Crippen LogP contribution in [0.5, 0.6) is 0 Å². The predicted molar refractivity (Wildman–Crippen MR) is 97.0 cm³/mol. The van der Waals surface area contributed by atoms with Crippen molar-refractivity contribution in [2.45, 2.75) is 19.0 Å². The largest absolute Gasteiger partial charge is 0.417 e. The zero-order valence-electron chi connectivity index (χ0n) is 15.7. The molecule has 0 saturated carbocycles. The lowest BCUT2D eigenvalue weighted by Gasteiger charge is -2.38. The van der Waals surface area contributed by atoms with Gasteiger partial charge in [-0.3, -0.25) is 9.20 Å². The average Bonchev–Trinajstić information content (AvgIpc) is 3.11. The van der Waals surface area contributed by atoms with Crippen molar-refractivity contribution in [1.82, 2.24) is 24.4 Å². The first-order chi connectivity index (χ1) is 13.3. The van der Waals surface area contributed by atoms with Gasteiger partial charge in [-0.25, -0.2) is 0 Å². The van der Waals surface area contributed by atoms with Crippen LogP contribution in [0.25, 0.3) is 5.65 Å². The second-order valence-electron chi connectivity index (χ2n) is 7.56. The highest BCUT2D eigenvalue weighted by Gasteiger charge is 2.34. The van der Waals surface area contributed by atoms with E-state index in [1.165, 1.54) is 10.5 Å². The molecule has 1 atom stereocenters. The number of fused-ring (bicyclic) bond motifs is 1. The molecule has 0 aliphatic carbocycles. The number of amides is 1. The lowest BCUT2D eigenvalue weighted by molar-refractivity contribution is -0.138. The second kappa shape index (κ2) is 7.23. The predicted octanol–water partition coefficient (Wildman–Crippen LogP) is 1.74. The zero-order chi connectivity index (χ0) is 19.9. The summed E-state index contributed by atoms with van der Waals surface area (Å²) < 4.78 is 40.6. The summed E-state index contributed by atoms with van der Waals surface area (Å²) >= 11 is 0. The average molecular weight is 396 g/mol. The van der Waals surface area contributed by atoms with E-state index in [1.54, 1.807) is 0 Å². The second-order valence-corrected chi connectivity index (χ2v) is 7.56. The molecule has 2 aliphatic heterocycles. The molecule has 0 bridgehead atoms.